The standard InChI is InChI=1S/C15H15BrN4O/c1-10-2-4-12(5-3-10)20-7-6-13(14(20)21)19-15-17-8-11(16)9-18-15/h2-5,8-9,13H,6-7H2,1H3,(H,17,18,19). The molecule has 21 heavy (non-hydrogen) atoms. The number of carbonyl (C=O) groups is 1. The Kier molecular flexibility index (Phi) is 3.88. The molecule has 1 unspecified atom stereocenters. The summed E-state index contributed by atoms with van der Waals surface area (Å²) >= 11 is 3.29. The van der Waals surface area contributed by atoms with Gasteiger partial charge in [-0.3, -0.25) is 4.79 Å². The summed E-state index contributed by atoms with van der Waals surface area (Å²) in [6.07, 6.45) is 4.06. The topological polar surface area (TPSA) is 58.1 Å². The van der Waals surface area contributed by atoms with Gasteiger partial charge >= 0.3 is 0 Å². The Bertz CT molecular complexity index is 642. The van der Waals surface area contributed by atoms with Crippen LogP contribution in [0, 0.1) is 6.92 Å². The fourth-order valence-electron chi connectivity index (χ4n) is 2.34. The molecular formula is C15H15BrN4O. The van der Waals surface area contributed by atoms with Crippen LogP contribution in [-0.4, -0.2) is 28.5 Å². The Morgan fingerprint density at radius 1 is 1.24 bits per heavy atom. The van der Waals surface area contributed by atoms with Crippen LogP contribution in [0.5, 0.6) is 0 Å². The summed E-state index contributed by atoms with van der Waals surface area (Å²) in [6.45, 7) is 2.74. The number of aryl methyl sites for hydroxylation is 1. The molecule has 1 atom stereocenters. The van der Waals surface area contributed by atoms with Crippen LogP contribution in [-0.2, 0) is 4.79 Å². The van der Waals surface area contributed by atoms with Crippen LogP contribution in [0.2, 0.25) is 0 Å². The minimum absolute atomic E-state index is 0.0605. The highest BCUT2D eigenvalue weighted by Crippen LogP contribution is 2.23. The van der Waals surface area contributed by atoms with Gasteiger partial charge in [-0.2, -0.15) is 0 Å². The van der Waals surface area contributed by atoms with Crippen molar-refractivity contribution in [3.05, 3.63) is 46.7 Å². The average Bonchev–Trinajstić information content (AvgIpc) is 2.84. The highest BCUT2D eigenvalue weighted by molar-refractivity contribution is 9.10. The second kappa shape index (κ2) is 5.81. The molecule has 0 aliphatic carbocycles. The van der Waals surface area contributed by atoms with Crippen LogP contribution >= 0.6 is 15.9 Å². The molecule has 2 aromatic rings. The number of rotatable bonds is 3. The number of nitrogens with zero attached hydrogens (tertiary/aromatic N) is 3. The summed E-state index contributed by atoms with van der Waals surface area (Å²) in [6, 6.07) is 7.72. The average molecular weight is 347 g/mol. The maximum absolute atomic E-state index is 12.5. The molecule has 1 aliphatic heterocycles. The van der Waals surface area contributed by atoms with Gasteiger partial charge in [-0.25, -0.2) is 9.97 Å². The summed E-state index contributed by atoms with van der Waals surface area (Å²) in [5.74, 6) is 0.535. The van der Waals surface area contributed by atoms with E-state index < -0.39 is 0 Å². The Morgan fingerprint density at radius 2 is 1.90 bits per heavy atom. The molecule has 3 rings (SSSR count). The van der Waals surface area contributed by atoms with Crippen molar-refractivity contribution >= 4 is 33.5 Å². The van der Waals surface area contributed by atoms with Gasteiger partial charge in [0.15, 0.2) is 0 Å². The van der Waals surface area contributed by atoms with Crippen LogP contribution in [0.3, 0.4) is 0 Å². The highest BCUT2D eigenvalue weighted by atomic mass is 79.9. The van der Waals surface area contributed by atoms with E-state index in [4.69, 9.17) is 0 Å². The van der Waals surface area contributed by atoms with Crippen molar-refractivity contribution in [3.63, 3.8) is 0 Å². The Balaban J connectivity index is 1.71. The van der Waals surface area contributed by atoms with Gasteiger partial charge in [-0.05, 0) is 41.4 Å². The molecule has 0 radical (unpaired) electrons. The Hall–Kier alpha value is -1.95. The monoisotopic (exact) mass is 346 g/mol. The van der Waals surface area contributed by atoms with Crippen LogP contribution in [0.1, 0.15) is 12.0 Å². The third-order valence-corrected chi connectivity index (χ3v) is 3.88. The second-order valence-electron chi connectivity index (χ2n) is 5.04. The maximum Gasteiger partial charge on any atom is 0.249 e. The lowest BCUT2D eigenvalue weighted by molar-refractivity contribution is -0.117. The van der Waals surface area contributed by atoms with E-state index in [-0.39, 0.29) is 11.9 Å². The lowest BCUT2D eigenvalue weighted by Crippen LogP contribution is -2.33. The molecule has 0 spiro atoms. The molecule has 5 nitrogen and oxygen atoms in total. The minimum Gasteiger partial charge on any atom is -0.342 e. The quantitative estimate of drug-likeness (QED) is 0.928. The SMILES string of the molecule is Cc1ccc(N2CCC(Nc3ncc(Br)cn3)C2=O)cc1. The summed E-state index contributed by atoms with van der Waals surface area (Å²) < 4.78 is 0.812. The van der Waals surface area contributed by atoms with E-state index in [0.717, 1.165) is 16.6 Å². The smallest absolute Gasteiger partial charge is 0.249 e. The van der Waals surface area contributed by atoms with E-state index in [1.807, 2.05) is 31.2 Å². The van der Waals surface area contributed by atoms with Crippen molar-refractivity contribution in [2.75, 3.05) is 16.8 Å². The van der Waals surface area contributed by atoms with Gasteiger partial charge in [0.1, 0.15) is 6.04 Å². The molecule has 1 aromatic carbocycles. The van der Waals surface area contributed by atoms with Crippen molar-refractivity contribution in [3.8, 4) is 0 Å². The molecule has 1 aliphatic rings. The van der Waals surface area contributed by atoms with Crippen molar-refractivity contribution in [2.45, 2.75) is 19.4 Å². The van der Waals surface area contributed by atoms with E-state index in [9.17, 15) is 4.79 Å². The highest BCUT2D eigenvalue weighted by Gasteiger charge is 2.32. The van der Waals surface area contributed by atoms with Gasteiger partial charge in [0.25, 0.3) is 0 Å². The fourth-order valence-corrected chi connectivity index (χ4v) is 2.54. The number of aromatic nitrogens is 2. The van der Waals surface area contributed by atoms with Crippen LogP contribution < -0.4 is 10.2 Å². The van der Waals surface area contributed by atoms with Crippen LogP contribution in [0.15, 0.2) is 41.1 Å². The zero-order valence-electron chi connectivity index (χ0n) is 11.6. The number of benzene rings is 1. The van der Waals surface area contributed by atoms with Crippen LogP contribution in [0.4, 0.5) is 11.6 Å². The van der Waals surface area contributed by atoms with Gasteiger partial charge in [-0.1, -0.05) is 17.7 Å². The fraction of sp³-hybridized carbons (Fsp3) is 0.267. The first-order valence-corrected chi connectivity index (χ1v) is 7.55. The third-order valence-electron chi connectivity index (χ3n) is 3.47. The maximum atomic E-state index is 12.5. The lowest BCUT2D eigenvalue weighted by atomic mass is 10.2. The summed E-state index contributed by atoms with van der Waals surface area (Å²) in [5.41, 5.74) is 2.12. The minimum atomic E-state index is -0.271. The Labute approximate surface area is 131 Å². The zero-order chi connectivity index (χ0) is 14.8. The van der Waals surface area contributed by atoms with Gasteiger partial charge < -0.3 is 10.2 Å². The van der Waals surface area contributed by atoms with Crippen molar-refractivity contribution < 1.29 is 4.79 Å². The largest absolute Gasteiger partial charge is 0.342 e. The van der Waals surface area contributed by atoms with Gasteiger partial charge in [-0.15, -0.1) is 0 Å². The molecular weight excluding hydrogens is 332 g/mol. The summed E-state index contributed by atoms with van der Waals surface area (Å²) in [4.78, 5) is 22.6. The number of amides is 1. The molecule has 1 N–H and O–H groups in total. The molecule has 0 bridgehead atoms. The number of hydrogen-bond acceptors (Lipinski definition) is 4. The normalized spacial score (nSPS) is 18.1. The van der Waals surface area contributed by atoms with Crippen molar-refractivity contribution in [1.29, 1.82) is 0 Å². The first-order valence-electron chi connectivity index (χ1n) is 6.75. The number of halogens is 1. The van der Waals surface area contributed by atoms with E-state index in [1.54, 1.807) is 17.3 Å². The number of anilines is 2. The van der Waals surface area contributed by atoms with E-state index in [1.165, 1.54) is 5.56 Å². The zero-order valence-corrected chi connectivity index (χ0v) is 13.2. The molecule has 1 aromatic heterocycles. The number of nitrogens with one attached hydrogen (secondary N) is 1. The number of hydrogen-bond donors (Lipinski definition) is 1. The van der Waals surface area contributed by atoms with E-state index in [2.05, 4.69) is 31.2 Å². The Morgan fingerprint density at radius 3 is 2.57 bits per heavy atom. The molecule has 2 heterocycles. The van der Waals surface area contributed by atoms with Gasteiger partial charge in [0.2, 0.25) is 11.9 Å². The second-order valence-corrected chi connectivity index (χ2v) is 5.95. The molecule has 108 valence electrons. The summed E-state index contributed by atoms with van der Waals surface area (Å²) in [5, 5.41) is 3.09. The van der Waals surface area contributed by atoms with Gasteiger partial charge in [0.05, 0.1) is 4.47 Å². The van der Waals surface area contributed by atoms with Crippen molar-refractivity contribution in [2.24, 2.45) is 0 Å². The first-order chi connectivity index (χ1) is 10.1. The number of carbonyl (C=O) groups excluding carboxylic acids is 1. The van der Waals surface area contributed by atoms with Crippen molar-refractivity contribution in [1.82, 2.24) is 9.97 Å². The van der Waals surface area contributed by atoms with E-state index in [0.29, 0.717) is 12.5 Å². The lowest BCUT2D eigenvalue weighted by Gasteiger charge is -2.17. The predicted octanol–water partition coefficient (Wildman–Crippen LogP) is 2.76. The van der Waals surface area contributed by atoms with Crippen LogP contribution in [0.25, 0.3) is 0 Å². The molecule has 1 saturated heterocycles. The third kappa shape index (κ3) is 3.05. The predicted molar refractivity (Wildman–Crippen MR) is 85.3 cm³/mol. The first kappa shape index (κ1) is 14.0. The summed E-state index contributed by atoms with van der Waals surface area (Å²) in [7, 11) is 0. The van der Waals surface area contributed by atoms with Gasteiger partial charge in [0, 0.05) is 24.6 Å². The van der Waals surface area contributed by atoms with E-state index >= 15 is 0 Å². The molecule has 1 amide bonds. The molecule has 1 fully saturated rings. The molecule has 0 saturated carbocycles. The molecule has 6 heteroatoms.